The molecule has 136 valence electrons. The molecule has 2 aromatic rings. The summed E-state index contributed by atoms with van der Waals surface area (Å²) >= 11 is 0. The molecule has 0 aromatic carbocycles. The Labute approximate surface area is 152 Å². The van der Waals surface area contributed by atoms with Crippen molar-refractivity contribution >= 4 is 11.7 Å². The van der Waals surface area contributed by atoms with Crippen LogP contribution in [0, 0.1) is 0 Å². The van der Waals surface area contributed by atoms with Crippen molar-refractivity contribution in [3.63, 3.8) is 0 Å². The zero-order valence-electron chi connectivity index (χ0n) is 14.7. The van der Waals surface area contributed by atoms with Crippen molar-refractivity contribution in [1.29, 1.82) is 0 Å². The predicted molar refractivity (Wildman–Crippen MR) is 94.9 cm³/mol. The van der Waals surface area contributed by atoms with Crippen molar-refractivity contribution in [2.24, 2.45) is 0 Å². The predicted octanol–water partition coefficient (Wildman–Crippen LogP) is 1.17. The smallest absolute Gasteiger partial charge is 0.254 e. The molecule has 1 aliphatic heterocycles. The van der Waals surface area contributed by atoms with Gasteiger partial charge in [-0.1, -0.05) is 0 Å². The Balaban J connectivity index is 1.45. The first-order valence-electron chi connectivity index (χ1n) is 8.89. The molecule has 2 fully saturated rings. The van der Waals surface area contributed by atoms with E-state index in [0.717, 1.165) is 37.3 Å². The van der Waals surface area contributed by atoms with Gasteiger partial charge in [-0.15, -0.1) is 0 Å². The summed E-state index contributed by atoms with van der Waals surface area (Å²) < 4.78 is 5.53. The van der Waals surface area contributed by atoms with Crippen molar-refractivity contribution in [3.05, 3.63) is 42.4 Å². The quantitative estimate of drug-likeness (QED) is 0.832. The van der Waals surface area contributed by atoms with Gasteiger partial charge < -0.3 is 15.0 Å². The molecule has 3 heterocycles. The Morgan fingerprint density at radius 2 is 2.15 bits per heavy atom. The number of carbonyl (C=O) groups is 1. The maximum atomic E-state index is 12.7. The fraction of sp³-hybridized carbons (Fsp3) is 0.500. The second kappa shape index (κ2) is 7.33. The summed E-state index contributed by atoms with van der Waals surface area (Å²) in [6.45, 7) is 1.26. The largest absolute Gasteiger partial charge is 0.380 e. The Morgan fingerprint density at radius 3 is 2.88 bits per heavy atom. The summed E-state index contributed by atoms with van der Waals surface area (Å²) in [6.07, 6.45) is 9.53. The van der Waals surface area contributed by atoms with E-state index in [1.807, 2.05) is 6.07 Å². The number of hydrogen-bond acceptors (Lipinski definition) is 7. The van der Waals surface area contributed by atoms with Crippen LogP contribution in [0.3, 0.4) is 0 Å². The maximum absolute atomic E-state index is 12.7. The van der Waals surface area contributed by atoms with E-state index < -0.39 is 0 Å². The van der Waals surface area contributed by atoms with Gasteiger partial charge in [-0.25, -0.2) is 19.9 Å². The molecule has 1 saturated carbocycles. The summed E-state index contributed by atoms with van der Waals surface area (Å²) in [4.78, 5) is 31.5. The van der Waals surface area contributed by atoms with Gasteiger partial charge in [-0.2, -0.15) is 0 Å². The zero-order valence-corrected chi connectivity index (χ0v) is 14.7. The molecule has 0 spiro atoms. The van der Waals surface area contributed by atoms with Gasteiger partial charge in [0, 0.05) is 38.5 Å². The van der Waals surface area contributed by atoms with Gasteiger partial charge in [0.05, 0.1) is 23.4 Å². The molecular formula is C18H22N6O2. The number of anilines is 1. The number of rotatable bonds is 6. The zero-order chi connectivity index (χ0) is 17.9. The molecular weight excluding hydrogens is 332 g/mol. The topological polar surface area (TPSA) is 93.1 Å². The maximum Gasteiger partial charge on any atom is 0.254 e. The normalized spacial score (nSPS) is 22.4. The third kappa shape index (κ3) is 3.50. The second-order valence-corrected chi connectivity index (χ2v) is 6.77. The lowest BCUT2D eigenvalue weighted by molar-refractivity contribution is 0.0944. The van der Waals surface area contributed by atoms with E-state index >= 15 is 0 Å². The lowest BCUT2D eigenvalue weighted by Gasteiger charge is -2.25. The molecule has 1 saturated heterocycles. The van der Waals surface area contributed by atoms with Gasteiger partial charge in [-0.05, 0) is 25.3 Å². The SMILES string of the molecule is CO[C@@H]1C[C@H](CNC(=O)c2cncnc2C2CC2)N(c2ccncn2)C1. The highest BCUT2D eigenvalue weighted by molar-refractivity contribution is 5.95. The van der Waals surface area contributed by atoms with E-state index in [1.165, 1.54) is 12.7 Å². The standard InChI is InChI=1S/C18H22N6O2/c1-26-14-6-13(24(9-14)16-4-5-19-10-22-16)7-21-18(25)15-8-20-11-23-17(15)12-2-3-12/h4-5,8,10-14H,2-3,6-7,9H2,1H3,(H,21,25)/t13-,14-/m1/s1. The van der Waals surface area contributed by atoms with E-state index in [9.17, 15) is 4.79 Å². The van der Waals surface area contributed by atoms with Crippen molar-refractivity contribution in [3.8, 4) is 0 Å². The first-order valence-corrected chi connectivity index (χ1v) is 8.89. The number of hydrogen-bond donors (Lipinski definition) is 1. The van der Waals surface area contributed by atoms with Crippen LogP contribution in [0.1, 0.15) is 41.2 Å². The molecule has 4 rings (SSSR count). The lowest BCUT2D eigenvalue weighted by atomic mass is 10.1. The molecule has 26 heavy (non-hydrogen) atoms. The van der Waals surface area contributed by atoms with Crippen LogP contribution >= 0.6 is 0 Å². The minimum absolute atomic E-state index is 0.115. The van der Waals surface area contributed by atoms with E-state index in [2.05, 4.69) is 30.2 Å². The number of nitrogens with zero attached hydrogens (tertiary/aromatic N) is 5. The summed E-state index contributed by atoms with van der Waals surface area (Å²) in [7, 11) is 1.72. The molecule has 0 radical (unpaired) electrons. The van der Waals surface area contributed by atoms with Crippen LogP contribution in [0.5, 0.6) is 0 Å². The van der Waals surface area contributed by atoms with Crippen LogP contribution < -0.4 is 10.2 Å². The number of amides is 1. The molecule has 1 N–H and O–H groups in total. The van der Waals surface area contributed by atoms with E-state index in [0.29, 0.717) is 18.0 Å². The molecule has 2 aromatic heterocycles. The third-order valence-corrected chi connectivity index (χ3v) is 5.02. The second-order valence-electron chi connectivity index (χ2n) is 6.77. The first-order chi connectivity index (χ1) is 12.8. The molecule has 2 aliphatic rings. The summed E-state index contributed by atoms with van der Waals surface area (Å²) in [5, 5.41) is 3.05. The lowest BCUT2D eigenvalue weighted by Crippen LogP contribution is -2.40. The minimum atomic E-state index is -0.115. The highest BCUT2D eigenvalue weighted by Crippen LogP contribution is 2.40. The molecule has 0 unspecified atom stereocenters. The van der Waals surface area contributed by atoms with E-state index in [1.54, 1.807) is 19.5 Å². The van der Waals surface area contributed by atoms with Crippen LogP contribution in [0.15, 0.2) is 31.1 Å². The van der Waals surface area contributed by atoms with Gasteiger partial charge in [-0.3, -0.25) is 4.79 Å². The summed E-state index contributed by atoms with van der Waals surface area (Å²) in [5.41, 5.74) is 1.45. The Kier molecular flexibility index (Phi) is 4.75. The Bertz CT molecular complexity index is 767. The molecule has 0 bridgehead atoms. The molecule has 1 amide bonds. The average Bonchev–Trinajstić information content (AvgIpc) is 3.46. The fourth-order valence-corrected chi connectivity index (χ4v) is 3.47. The Morgan fingerprint density at radius 1 is 1.31 bits per heavy atom. The van der Waals surface area contributed by atoms with Gasteiger partial charge >= 0.3 is 0 Å². The van der Waals surface area contributed by atoms with Crippen LogP contribution in [0.4, 0.5) is 5.82 Å². The summed E-state index contributed by atoms with van der Waals surface area (Å²) in [6, 6.07) is 2.00. The monoisotopic (exact) mass is 354 g/mol. The molecule has 1 aliphatic carbocycles. The minimum Gasteiger partial charge on any atom is -0.380 e. The molecule has 8 nitrogen and oxygen atoms in total. The van der Waals surface area contributed by atoms with Crippen LogP contribution in [-0.2, 0) is 4.74 Å². The van der Waals surface area contributed by atoms with Crippen molar-refractivity contribution < 1.29 is 9.53 Å². The fourth-order valence-electron chi connectivity index (χ4n) is 3.47. The number of methoxy groups -OCH3 is 1. The third-order valence-electron chi connectivity index (χ3n) is 5.02. The highest BCUT2D eigenvalue weighted by atomic mass is 16.5. The average molecular weight is 354 g/mol. The van der Waals surface area contributed by atoms with Gasteiger partial charge in [0.1, 0.15) is 18.5 Å². The highest BCUT2D eigenvalue weighted by Gasteiger charge is 2.34. The number of ether oxygens (including phenoxy) is 1. The summed E-state index contributed by atoms with van der Waals surface area (Å²) in [5.74, 6) is 1.14. The van der Waals surface area contributed by atoms with Crippen LogP contribution in [0.2, 0.25) is 0 Å². The van der Waals surface area contributed by atoms with Crippen molar-refractivity contribution in [1.82, 2.24) is 25.3 Å². The van der Waals surface area contributed by atoms with Gasteiger partial charge in [0.2, 0.25) is 0 Å². The van der Waals surface area contributed by atoms with Crippen molar-refractivity contribution in [2.45, 2.75) is 37.3 Å². The molecule has 8 heteroatoms. The number of aromatic nitrogens is 4. The van der Waals surface area contributed by atoms with Crippen LogP contribution in [-0.4, -0.2) is 58.2 Å². The first kappa shape index (κ1) is 16.8. The number of nitrogens with one attached hydrogen (secondary N) is 1. The van der Waals surface area contributed by atoms with Crippen LogP contribution in [0.25, 0.3) is 0 Å². The number of carbonyl (C=O) groups excluding carboxylic acids is 1. The molecule has 2 atom stereocenters. The van der Waals surface area contributed by atoms with Crippen molar-refractivity contribution in [2.75, 3.05) is 25.1 Å². The van der Waals surface area contributed by atoms with Gasteiger partial charge in [0.15, 0.2) is 0 Å². The Hall–Kier alpha value is -2.61. The van der Waals surface area contributed by atoms with Gasteiger partial charge in [0.25, 0.3) is 5.91 Å². The van der Waals surface area contributed by atoms with E-state index in [-0.39, 0.29) is 18.1 Å². The van der Waals surface area contributed by atoms with E-state index in [4.69, 9.17) is 4.74 Å².